The predicted octanol–water partition coefficient (Wildman–Crippen LogP) is -2.58. The lowest BCUT2D eigenvalue weighted by molar-refractivity contribution is -0.121. The summed E-state index contributed by atoms with van der Waals surface area (Å²) in [7, 11) is 3.11. The number of amides is 1. The summed E-state index contributed by atoms with van der Waals surface area (Å²) in [5, 5.41) is 0. The normalized spacial score (nSPS) is 10.8. The summed E-state index contributed by atoms with van der Waals surface area (Å²) in [5.41, 5.74) is 1.21. The van der Waals surface area contributed by atoms with E-state index in [2.05, 4.69) is 4.98 Å². The Hall–Kier alpha value is -2.42. The second kappa shape index (κ2) is 4.11. The Morgan fingerprint density at radius 2 is 2.11 bits per heavy atom. The average Bonchev–Trinajstić information content (AvgIpc) is 2.74. The Balaban J connectivity index is 2.82. The second-order valence-corrected chi connectivity index (χ2v) is 3.83. The van der Waals surface area contributed by atoms with Gasteiger partial charge in [-0.3, -0.25) is 19.6 Å². The van der Waals surface area contributed by atoms with Gasteiger partial charge in [0.25, 0.3) is 11.5 Å². The first-order valence-electron chi connectivity index (χ1n) is 5.07. The van der Waals surface area contributed by atoms with Crippen LogP contribution in [0, 0.1) is 0 Å². The van der Waals surface area contributed by atoms with E-state index in [-0.39, 0.29) is 11.2 Å². The maximum Gasteiger partial charge on any atom is 0.332 e. The first-order valence-corrected chi connectivity index (χ1v) is 5.07. The average molecular weight is 252 g/mol. The smallest absolute Gasteiger partial charge is 0.328 e. The number of rotatable bonds is 2. The molecule has 2 aromatic rings. The number of hydrogen-bond donors (Lipinski definition) is 2. The van der Waals surface area contributed by atoms with Crippen LogP contribution in [-0.4, -0.2) is 24.6 Å². The Bertz CT molecular complexity index is 737. The molecule has 18 heavy (non-hydrogen) atoms. The highest BCUT2D eigenvalue weighted by Crippen LogP contribution is 2.02. The molecule has 0 aliphatic rings. The number of hydrazine groups is 1. The third kappa shape index (κ3) is 1.61. The number of carbonyl (C=O) groups excluding carboxylic acids is 1. The number of imidazole rings is 1. The van der Waals surface area contributed by atoms with Gasteiger partial charge >= 0.3 is 5.69 Å². The summed E-state index contributed by atoms with van der Waals surface area (Å²) in [6.45, 7) is -0.427. The topological polar surface area (TPSA) is 117 Å². The van der Waals surface area contributed by atoms with Gasteiger partial charge < -0.3 is 4.57 Å². The van der Waals surface area contributed by atoms with Gasteiger partial charge in [0, 0.05) is 14.1 Å². The van der Waals surface area contributed by atoms with Crippen LogP contribution >= 0.6 is 0 Å². The van der Waals surface area contributed by atoms with Crippen LogP contribution in [0.2, 0.25) is 0 Å². The summed E-state index contributed by atoms with van der Waals surface area (Å²) in [6.07, 6.45) is 1.43. The zero-order valence-electron chi connectivity index (χ0n) is 9.88. The van der Waals surface area contributed by atoms with Crippen molar-refractivity contribution >= 4 is 17.1 Å². The fourth-order valence-electron chi connectivity index (χ4n) is 1.72. The van der Waals surface area contributed by atoms with Gasteiger partial charge in [0.1, 0.15) is 6.54 Å². The molecule has 2 heterocycles. The fraction of sp³-hybridized carbons (Fsp3) is 0.333. The molecule has 1 amide bonds. The van der Waals surface area contributed by atoms with Crippen molar-refractivity contribution in [1.29, 1.82) is 0 Å². The number of nitrogens with one attached hydrogen (secondary N) is 1. The van der Waals surface area contributed by atoms with E-state index in [4.69, 9.17) is 5.84 Å². The molecule has 0 bridgehead atoms. The van der Waals surface area contributed by atoms with Crippen LogP contribution in [0.15, 0.2) is 15.9 Å². The van der Waals surface area contributed by atoms with Gasteiger partial charge in [0.2, 0.25) is 0 Å². The maximum absolute atomic E-state index is 12.1. The molecule has 9 heteroatoms. The minimum Gasteiger partial charge on any atom is -0.328 e. The highest BCUT2D eigenvalue weighted by atomic mass is 16.2. The van der Waals surface area contributed by atoms with Crippen LogP contribution < -0.4 is 22.5 Å². The Morgan fingerprint density at radius 1 is 1.44 bits per heavy atom. The van der Waals surface area contributed by atoms with Gasteiger partial charge in [-0.2, -0.15) is 0 Å². The number of fused-ring (bicyclic) bond motifs is 1. The molecule has 0 unspecified atom stereocenters. The maximum atomic E-state index is 12.1. The summed E-state index contributed by atoms with van der Waals surface area (Å²) in [5.74, 6) is 4.31. The first-order chi connectivity index (χ1) is 8.47. The minimum atomic E-state index is -0.629. The quantitative estimate of drug-likeness (QED) is 0.346. The van der Waals surface area contributed by atoms with Crippen molar-refractivity contribution in [3.05, 3.63) is 27.2 Å². The van der Waals surface area contributed by atoms with E-state index in [0.29, 0.717) is 0 Å². The highest BCUT2D eigenvalue weighted by Gasteiger charge is 2.16. The van der Waals surface area contributed by atoms with Gasteiger partial charge in [-0.15, -0.1) is 0 Å². The molecule has 2 aromatic heterocycles. The van der Waals surface area contributed by atoms with E-state index in [0.717, 1.165) is 4.57 Å². The molecule has 0 radical (unpaired) electrons. The summed E-state index contributed by atoms with van der Waals surface area (Å²) in [6, 6.07) is 0. The van der Waals surface area contributed by atoms with E-state index in [1.807, 2.05) is 5.43 Å². The van der Waals surface area contributed by atoms with Crippen LogP contribution in [0.4, 0.5) is 0 Å². The molecule has 0 saturated carbocycles. The Kier molecular flexibility index (Phi) is 2.75. The summed E-state index contributed by atoms with van der Waals surface area (Å²) < 4.78 is 3.51. The van der Waals surface area contributed by atoms with Crippen molar-refractivity contribution in [2.45, 2.75) is 6.54 Å². The molecular weight excluding hydrogens is 240 g/mol. The van der Waals surface area contributed by atoms with Crippen LogP contribution in [0.3, 0.4) is 0 Å². The molecule has 2 rings (SSSR count). The molecule has 3 N–H and O–H groups in total. The van der Waals surface area contributed by atoms with Crippen LogP contribution in [0.5, 0.6) is 0 Å². The number of hydrogen-bond acceptors (Lipinski definition) is 5. The molecule has 9 nitrogen and oxygen atoms in total. The van der Waals surface area contributed by atoms with Crippen LogP contribution in [-0.2, 0) is 25.4 Å². The molecule has 0 atom stereocenters. The minimum absolute atomic E-state index is 0.252. The van der Waals surface area contributed by atoms with E-state index in [9.17, 15) is 14.4 Å². The van der Waals surface area contributed by atoms with Crippen LogP contribution in [0.1, 0.15) is 0 Å². The van der Waals surface area contributed by atoms with Crippen molar-refractivity contribution in [3.63, 3.8) is 0 Å². The van der Waals surface area contributed by atoms with Gasteiger partial charge in [-0.05, 0) is 0 Å². The third-order valence-corrected chi connectivity index (χ3v) is 2.66. The SMILES string of the molecule is Cn1cnc2c1c(=O)n(CC(=O)NN)c(=O)n2C. The second-order valence-electron chi connectivity index (χ2n) is 3.83. The molecule has 0 fully saturated rings. The summed E-state index contributed by atoms with van der Waals surface area (Å²) >= 11 is 0. The van der Waals surface area contributed by atoms with Crippen molar-refractivity contribution in [2.24, 2.45) is 19.9 Å². The van der Waals surface area contributed by atoms with Gasteiger partial charge in [0.15, 0.2) is 11.2 Å². The number of nitrogens with two attached hydrogens (primary N) is 1. The molecule has 0 spiro atoms. The molecule has 96 valence electrons. The molecule has 0 aliphatic heterocycles. The first kappa shape index (κ1) is 12.0. The van der Waals surface area contributed by atoms with Crippen molar-refractivity contribution < 1.29 is 4.79 Å². The van der Waals surface area contributed by atoms with Crippen molar-refractivity contribution in [2.75, 3.05) is 0 Å². The standard InChI is InChI=1S/C9H12N6O3/c1-13-4-11-7-6(13)8(17)15(3-5(16)12-10)9(18)14(7)2/h4H,3,10H2,1-2H3,(H,12,16). The highest BCUT2D eigenvalue weighted by molar-refractivity contribution is 5.75. The Morgan fingerprint density at radius 3 is 2.72 bits per heavy atom. The predicted molar refractivity (Wildman–Crippen MR) is 62.5 cm³/mol. The largest absolute Gasteiger partial charge is 0.332 e. The van der Waals surface area contributed by atoms with E-state index in [1.54, 1.807) is 7.05 Å². The fourth-order valence-corrected chi connectivity index (χ4v) is 1.72. The molecule has 0 saturated heterocycles. The number of nitrogens with zero attached hydrogens (tertiary/aromatic N) is 4. The number of carbonyl (C=O) groups is 1. The molecule has 0 aliphatic carbocycles. The summed E-state index contributed by atoms with van der Waals surface area (Å²) in [4.78, 5) is 39.2. The van der Waals surface area contributed by atoms with Gasteiger partial charge in [-0.1, -0.05) is 0 Å². The zero-order valence-corrected chi connectivity index (χ0v) is 9.88. The molecular formula is C9H12N6O3. The number of aryl methyl sites for hydroxylation is 2. The third-order valence-electron chi connectivity index (χ3n) is 2.66. The molecule has 0 aromatic carbocycles. The monoisotopic (exact) mass is 252 g/mol. The van der Waals surface area contributed by atoms with Gasteiger partial charge in [0.05, 0.1) is 6.33 Å². The van der Waals surface area contributed by atoms with E-state index >= 15 is 0 Å². The Labute approximate surface area is 100 Å². The van der Waals surface area contributed by atoms with Crippen LogP contribution in [0.25, 0.3) is 11.2 Å². The lowest BCUT2D eigenvalue weighted by atomic mass is 10.4. The lowest BCUT2D eigenvalue weighted by Gasteiger charge is -2.07. The number of aromatic nitrogens is 4. The van der Waals surface area contributed by atoms with Gasteiger partial charge in [-0.25, -0.2) is 20.2 Å². The lowest BCUT2D eigenvalue weighted by Crippen LogP contribution is -2.44. The van der Waals surface area contributed by atoms with Crippen molar-refractivity contribution in [1.82, 2.24) is 24.1 Å². The van der Waals surface area contributed by atoms with E-state index < -0.39 is 23.7 Å². The van der Waals surface area contributed by atoms with E-state index in [1.165, 1.54) is 22.5 Å². The van der Waals surface area contributed by atoms with Crippen molar-refractivity contribution in [3.8, 4) is 0 Å². The zero-order chi connectivity index (χ0) is 13.4.